The van der Waals surface area contributed by atoms with Gasteiger partial charge in [0.05, 0.1) is 5.88 Å². The van der Waals surface area contributed by atoms with Crippen molar-refractivity contribution in [2.45, 2.75) is 38.6 Å². The van der Waals surface area contributed by atoms with Gasteiger partial charge in [-0.1, -0.05) is 19.9 Å². The Hall–Kier alpha value is -0.760. The summed E-state index contributed by atoms with van der Waals surface area (Å²) in [4.78, 5) is 6.94. The summed E-state index contributed by atoms with van der Waals surface area (Å²) in [6.45, 7) is 5.68. The first-order chi connectivity index (χ1) is 7.74. The summed E-state index contributed by atoms with van der Waals surface area (Å²) >= 11 is 5.97. The van der Waals surface area contributed by atoms with Gasteiger partial charge in [-0.2, -0.15) is 0 Å². The quantitative estimate of drug-likeness (QED) is 0.750. The number of halogens is 1. The molecule has 2 nitrogen and oxygen atoms in total. The fourth-order valence-electron chi connectivity index (χ4n) is 2.54. The number of aromatic nitrogens is 1. The van der Waals surface area contributed by atoms with Crippen LogP contribution in [0.5, 0.6) is 0 Å². The SMILES string of the molecule is CC(C)C1CCCN1c1ncccc1CCl. The van der Waals surface area contributed by atoms with Crippen LogP contribution in [0.2, 0.25) is 0 Å². The van der Waals surface area contributed by atoms with Crippen LogP contribution >= 0.6 is 11.6 Å². The lowest BCUT2D eigenvalue weighted by Crippen LogP contribution is -2.34. The molecule has 88 valence electrons. The van der Waals surface area contributed by atoms with Gasteiger partial charge in [0, 0.05) is 24.3 Å². The normalized spacial score (nSPS) is 20.8. The molecule has 0 saturated carbocycles. The standard InChI is InChI=1S/C13H19ClN2/c1-10(2)12-6-4-8-16(12)13-11(9-14)5-3-7-15-13/h3,5,7,10,12H,4,6,8-9H2,1-2H3. The molecule has 0 aromatic carbocycles. The molecule has 0 spiro atoms. The Morgan fingerprint density at radius 1 is 1.56 bits per heavy atom. The van der Waals surface area contributed by atoms with E-state index in [-0.39, 0.29) is 0 Å². The van der Waals surface area contributed by atoms with Gasteiger partial charge in [0.2, 0.25) is 0 Å². The predicted molar refractivity (Wildman–Crippen MR) is 69.0 cm³/mol. The lowest BCUT2D eigenvalue weighted by molar-refractivity contribution is 0.489. The van der Waals surface area contributed by atoms with E-state index in [0.29, 0.717) is 17.8 Å². The van der Waals surface area contributed by atoms with E-state index in [9.17, 15) is 0 Å². The summed E-state index contributed by atoms with van der Waals surface area (Å²) < 4.78 is 0. The van der Waals surface area contributed by atoms with Crippen molar-refractivity contribution in [3.63, 3.8) is 0 Å². The summed E-state index contributed by atoms with van der Waals surface area (Å²) in [5.74, 6) is 2.31. The van der Waals surface area contributed by atoms with E-state index in [1.54, 1.807) is 0 Å². The molecule has 1 aromatic rings. The number of rotatable bonds is 3. The second-order valence-corrected chi connectivity index (χ2v) is 5.03. The zero-order valence-electron chi connectivity index (χ0n) is 9.99. The maximum atomic E-state index is 5.97. The van der Waals surface area contributed by atoms with Gasteiger partial charge in [0.15, 0.2) is 0 Å². The number of nitrogens with zero attached hydrogens (tertiary/aromatic N) is 2. The lowest BCUT2D eigenvalue weighted by Gasteiger charge is -2.29. The molecular formula is C13H19ClN2. The summed E-state index contributed by atoms with van der Waals surface area (Å²) in [5.41, 5.74) is 1.15. The van der Waals surface area contributed by atoms with Gasteiger partial charge in [0.1, 0.15) is 5.82 Å². The van der Waals surface area contributed by atoms with Crippen molar-refractivity contribution in [3.8, 4) is 0 Å². The van der Waals surface area contributed by atoms with Crippen molar-refractivity contribution in [1.82, 2.24) is 4.98 Å². The van der Waals surface area contributed by atoms with Crippen LogP contribution in [0.1, 0.15) is 32.3 Å². The van der Waals surface area contributed by atoms with Gasteiger partial charge >= 0.3 is 0 Å². The van der Waals surface area contributed by atoms with E-state index in [2.05, 4.69) is 29.8 Å². The molecule has 3 heteroatoms. The van der Waals surface area contributed by atoms with Crippen LogP contribution < -0.4 is 4.90 Å². The van der Waals surface area contributed by atoms with Crippen LogP contribution in [0.4, 0.5) is 5.82 Å². The molecule has 1 aliphatic rings. The number of hydrogen-bond donors (Lipinski definition) is 0. The van der Waals surface area contributed by atoms with Crippen LogP contribution in [0.3, 0.4) is 0 Å². The minimum absolute atomic E-state index is 0.546. The highest BCUT2D eigenvalue weighted by Gasteiger charge is 2.29. The van der Waals surface area contributed by atoms with Gasteiger partial charge < -0.3 is 4.90 Å². The average Bonchev–Trinajstić information content (AvgIpc) is 2.77. The van der Waals surface area contributed by atoms with Crippen LogP contribution in [0, 0.1) is 5.92 Å². The first-order valence-electron chi connectivity index (χ1n) is 6.00. The number of hydrogen-bond acceptors (Lipinski definition) is 2. The van der Waals surface area contributed by atoms with E-state index in [1.165, 1.54) is 12.8 Å². The molecule has 1 unspecified atom stereocenters. The molecular weight excluding hydrogens is 220 g/mol. The van der Waals surface area contributed by atoms with E-state index in [4.69, 9.17) is 11.6 Å². The second kappa shape index (κ2) is 5.05. The van der Waals surface area contributed by atoms with Crippen LogP contribution in [-0.2, 0) is 5.88 Å². The molecule has 0 amide bonds. The van der Waals surface area contributed by atoms with Gasteiger partial charge in [-0.05, 0) is 24.8 Å². The van der Waals surface area contributed by atoms with E-state index >= 15 is 0 Å². The van der Waals surface area contributed by atoms with Gasteiger partial charge in [-0.15, -0.1) is 11.6 Å². The summed E-state index contributed by atoms with van der Waals surface area (Å²) in [7, 11) is 0. The van der Waals surface area contributed by atoms with Crippen molar-refractivity contribution in [2.24, 2.45) is 5.92 Å². The van der Waals surface area contributed by atoms with Crippen molar-refractivity contribution >= 4 is 17.4 Å². The second-order valence-electron chi connectivity index (χ2n) is 4.77. The van der Waals surface area contributed by atoms with Crippen LogP contribution in [-0.4, -0.2) is 17.6 Å². The molecule has 1 aromatic heterocycles. The monoisotopic (exact) mass is 238 g/mol. The predicted octanol–water partition coefficient (Wildman–Crippen LogP) is 3.45. The summed E-state index contributed by atoms with van der Waals surface area (Å²) in [5, 5.41) is 0. The maximum absolute atomic E-state index is 5.97. The zero-order chi connectivity index (χ0) is 11.5. The highest BCUT2D eigenvalue weighted by Crippen LogP contribution is 2.30. The fourth-order valence-corrected chi connectivity index (χ4v) is 2.75. The van der Waals surface area contributed by atoms with Crippen molar-refractivity contribution in [3.05, 3.63) is 23.9 Å². The van der Waals surface area contributed by atoms with Gasteiger partial charge in [-0.25, -0.2) is 4.98 Å². The third-order valence-corrected chi connectivity index (χ3v) is 3.64. The molecule has 0 aliphatic carbocycles. The van der Waals surface area contributed by atoms with Crippen LogP contribution in [0.25, 0.3) is 0 Å². The molecule has 16 heavy (non-hydrogen) atoms. The number of alkyl halides is 1. The molecule has 1 aliphatic heterocycles. The van der Waals surface area contributed by atoms with Crippen LogP contribution in [0.15, 0.2) is 18.3 Å². The third-order valence-electron chi connectivity index (χ3n) is 3.35. The van der Waals surface area contributed by atoms with Crippen molar-refractivity contribution < 1.29 is 0 Å². The molecule has 2 heterocycles. The molecule has 1 saturated heterocycles. The number of pyridine rings is 1. The number of anilines is 1. The molecule has 1 atom stereocenters. The van der Waals surface area contributed by atoms with Crippen molar-refractivity contribution in [2.75, 3.05) is 11.4 Å². The minimum atomic E-state index is 0.546. The highest BCUT2D eigenvalue weighted by molar-refractivity contribution is 6.17. The Balaban J connectivity index is 2.28. The van der Waals surface area contributed by atoms with Gasteiger partial charge in [0.25, 0.3) is 0 Å². The molecule has 2 rings (SSSR count). The minimum Gasteiger partial charge on any atom is -0.353 e. The smallest absolute Gasteiger partial charge is 0.133 e. The average molecular weight is 239 g/mol. The van der Waals surface area contributed by atoms with E-state index in [1.807, 2.05) is 12.3 Å². The molecule has 0 bridgehead atoms. The first-order valence-corrected chi connectivity index (χ1v) is 6.54. The van der Waals surface area contributed by atoms with Crippen molar-refractivity contribution in [1.29, 1.82) is 0 Å². The van der Waals surface area contributed by atoms with E-state index < -0.39 is 0 Å². The van der Waals surface area contributed by atoms with Gasteiger partial charge in [-0.3, -0.25) is 0 Å². The molecule has 1 fully saturated rings. The summed E-state index contributed by atoms with van der Waals surface area (Å²) in [6.07, 6.45) is 4.40. The largest absolute Gasteiger partial charge is 0.353 e. The Bertz CT molecular complexity index is 352. The fraction of sp³-hybridized carbons (Fsp3) is 0.615. The Morgan fingerprint density at radius 3 is 3.06 bits per heavy atom. The van der Waals surface area contributed by atoms with E-state index in [0.717, 1.165) is 17.9 Å². The zero-order valence-corrected chi connectivity index (χ0v) is 10.7. The molecule has 0 radical (unpaired) electrons. The molecule has 0 N–H and O–H groups in total. The Kier molecular flexibility index (Phi) is 3.70. The third kappa shape index (κ3) is 2.17. The Labute approximate surface area is 103 Å². The summed E-state index contributed by atoms with van der Waals surface area (Å²) in [6, 6.07) is 4.66. The maximum Gasteiger partial charge on any atom is 0.133 e. The first kappa shape index (κ1) is 11.7. The Morgan fingerprint density at radius 2 is 2.38 bits per heavy atom. The lowest BCUT2D eigenvalue weighted by atomic mass is 10.0. The highest BCUT2D eigenvalue weighted by atomic mass is 35.5. The topological polar surface area (TPSA) is 16.1 Å².